The minimum Gasteiger partial charge on any atom is -0.511 e. The zero-order valence-electron chi connectivity index (χ0n) is 8.01. The Kier molecular flexibility index (Phi) is 3.10. The summed E-state index contributed by atoms with van der Waals surface area (Å²) in [5.41, 5.74) is -0.534. The van der Waals surface area contributed by atoms with E-state index in [1.54, 1.807) is 19.9 Å². The second kappa shape index (κ2) is 3.95. The predicted octanol–water partition coefficient (Wildman–Crippen LogP) is -0.343. The highest BCUT2D eigenvalue weighted by molar-refractivity contribution is 6.33. The largest absolute Gasteiger partial charge is 0.707 e. The van der Waals surface area contributed by atoms with Crippen LogP contribution >= 0.6 is 0 Å². The Morgan fingerprint density at radius 2 is 2.00 bits per heavy atom. The Morgan fingerprint density at radius 3 is 2.36 bits per heavy atom. The van der Waals surface area contributed by atoms with Crippen LogP contribution in [0.2, 0.25) is 0 Å². The maximum Gasteiger partial charge on any atom is 0.707 e. The first-order valence-electron chi connectivity index (χ1n) is 4.11. The minimum atomic E-state index is -1.86. The third-order valence-electron chi connectivity index (χ3n) is 1.60. The molecule has 76 valence electrons. The molecule has 1 heterocycles. The van der Waals surface area contributed by atoms with Crippen molar-refractivity contribution in [2.45, 2.75) is 19.4 Å². The topological polar surface area (TPSA) is 82.8 Å². The van der Waals surface area contributed by atoms with E-state index in [4.69, 9.17) is 10.0 Å². The van der Waals surface area contributed by atoms with Gasteiger partial charge in [-0.05, 0) is 26.0 Å². The molecule has 0 radical (unpaired) electrons. The fraction of sp³-hybridized carbons (Fsp3) is 0.375. The van der Waals surface area contributed by atoms with Crippen LogP contribution in [-0.4, -0.2) is 27.5 Å². The number of nitrogens with zero attached hydrogens (tertiary/aromatic N) is 1. The molecule has 0 saturated heterocycles. The van der Waals surface area contributed by atoms with Crippen molar-refractivity contribution in [3.05, 3.63) is 24.0 Å². The highest BCUT2D eigenvalue weighted by atomic mass is 16.6. The van der Waals surface area contributed by atoms with Gasteiger partial charge in [0.05, 0.1) is 11.9 Å². The molecule has 5 nitrogen and oxygen atoms in total. The van der Waals surface area contributed by atoms with Gasteiger partial charge in [-0.15, -0.1) is 0 Å². The van der Waals surface area contributed by atoms with Crippen molar-refractivity contribution in [1.82, 2.24) is 4.98 Å². The van der Waals surface area contributed by atoms with Gasteiger partial charge in [0.2, 0.25) is 0 Å². The van der Waals surface area contributed by atoms with Crippen molar-refractivity contribution in [2.75, 3.05) is 0 Å². The highest BCUT2D eigenvalue weighted by Crippen LogP contribution is 2.19. The number of pyridine rings is 1. The Morgan fingerprint density at radius 1 is 1.36 bits per heavy atom. The third-order valence-corrected chi connectivity index (χ3v) is 1.60. The third kappa shape index (κ3) is 2.99. The van der Waals surface area contributed by atoms with Crippen molar-refractivity contribution in [3.8, 4) is 5.75 Å². The van der Waals surface area contributed by atoms with Crippen LogP contribution in [-0.2, 0) is 5.60 Å². The average molecular weight is 197 g/mol. The van der Waals surface area contributed by atoms with Crippen molar-refractivity contribution in [2.24, 2.45) is 0 Å². The molecule has 0 unspecified atom stereocenters. The Labute approximate surface area is 82.2 Å². The molecular formula is C8H12BNO4. The van der Waals surface area contributed by atoms with E-state index in [9.17, 15) is 5.11 Å². The molecule has 0 aliphatic carbocycles. The molecule has 0 spiro atoms. The number of hydrogen-bond donors (Lipinski definition) is 3. The first-order valence-corrected chi connectivity index (χ1v) is 4.11. The lowest BCUT2D eigenvalue weighted by atomic mass is 10.1. The molecule has 0 aliphatic heterocycles. The maximum absolute atomic E-state index is 9.56. The van der Waals surface area contributed by atoms with Crippen molar-refractivity contribution in [3.63, 3.8) is 0 Å². The van der Waals surface area contributed by atoms with E-state index in [-0.39, 0.29) is 5.75 Å². The van der Waals surface area contributed by atoms with Crippen LogP contribution in [0.3, 0.4) is 0 Å². The highest BCUT2D eigenvalue weighted by Gasteiger charge is 2.18. The Hall–Kier alpha value is -1.11. The summed E-state index contributed by atoms with van der Waals surface area (Å²) >= 11 is 0. The lowest BCUT2D eigenvalue weighted by Crippen LogP contribution is -2.21. The van der Waals surface area contributed by atoms with Gasteiger partial charge in [-0.1, -0.05) is 0 Å². The van der Waals surface area contributed by atoms with Gasteiger partial charge in [-0.25, -0.2) is 0 Å². The molecule has 0 atom stereocenters. The van der Waals surface area contributed by atoms with E-state index in [1.807, 2.05) is 0 Å². The van der Waals surface area contributed by atoms with Crippen molar-refractivity contribution >= 4 is 7.32 Å². The second-order valence-electron chi connectivity index (χ2n) is 3.38. The number of hydrogen-bond acceptors (Lipinski definition) is 5. The second-order valence-corrected chi connectivity index (χ2v) is 3.38. The Bertz CT molecular complexity index is 293. The average Bonchev–Trinajstić information content (AvgIpc) is 2.02. The van der Waals surface area contributed by atoms with Crippen LogP contribution in [0.4, 0.5) is 0 Å². The molecule has 0 bridgehead atoms. The van der Waals surface area contributed by atoms with Crippen LogP contribution in [0.25, 0.3) is 0 Å². The summed E-state index contributed by atoms with van der Waals surface area (Å²) in [6.45, 7) is 3.22. The van der Waals surface area contributed by atoms with Gasteiger partial charge in [0, 0.05) is 0 Å². The lowest BCUT2D eigenvalue weighted by Gasteiger charge is -2.16. The number of aliphatic hydroxyl groups is 1. The zero-order chi connectivity index (χ0) is 10.8. The quantitative estimate of drug-likeness (QED) is 0.577. The number of rotatable bonds is 3. The van der Waals surface area contributed by atoms with E-state index >= 15 is 0 Å². The zero-order valence-corrected chi connectivity index (χ0v) is 8.01. The van der Waals surface area contributed by atoms with E-state index < -0.39 is 12.9 Å². The summed E-state index contributed by atoms with van der Waals surface area (Å²) in [6.07, 6.45) is 1.31. The molecule has 1 aromatic rings. The molecule has 1 rings (SSSR count). The van der Waals surface area contributed by atoms with Crippen LogP contribution in [0.1, 0.15) is 19.5 Å². The van der Waals surface area contributed by atoms with Gasteiger partial charge in [0.15, 0.2) is 0 Å². The standard InChI is InChI=1S/C8H12BNO4/c1-8(2,11)7-4-3-6(5-10-7)14-9(12)13/h3-5,11-13H,1-2H3. The molecule has 14 heavy (non-hydrogen) atoms. The predicted molar refractivity (Wildman–Crippen MR) is 50.3 cm³/mol. The summed E-state index contributed by atoms with van der Waals surface area (Å²) in [7, 11) is -1.86. The summed E-state index contributed by atoms with van der Waals surface area (Å²) in [5.74, 6) is 0.230. The van der Waals surface area contributed by atoms with Gasteiger partial charge in [-0.3, -0.25) is 4.98 Å². The molecular weight excluding hydrogens is 185 g/mol. The minimum absolute atomic E-state index is 0.230. The number of aromatic nitrogens is 1. The molecule has 0 fully saturated rings. The Balaban J connectivity index is 2.79. The van der Waals surface area contributed by atoms with Gasteiger partial charge in [0.25, 0.3) is 0 Å². The van der Waals surface area contributed by atoms with Crippen LogP contribution in [0, 0.1) is 0 Å². The van der Waals surface area contributed by atoms with Crippen LogP contribution < -0.4 is 4.65 Å². The summed E-state index contributed by atoms with van der Waals surface area (Å²) in [4.78, 5) is 3.91. The van der Waals surface area contributed by atoms with E-state index in [0.717, 1.165) is 0 Å². The van der Waals surface area contributed by atoms with Gasteiger partial charge >= 0.3 is 7.32 Å². The molecule has 0 aliphatic rings. The monoisotopic (exact) mass is 197 g/mol. The van der Waals surface area contributed by atoms with E-state index in [1.165, 1.54) is 12.3 Å². The molecule has 0 saturated carbocycles. The van der Waals surface area contributed by atoms with E-state index in [2.05, 4.69) is 9.64 Å². The van der Waals surface area contributed by atoms with Crippen LogP contribution in [0.5, 0.6) is 5.75 Å². The first kappa shape index (κ1) is 11.0. The smallest absolute Gasteiger partial charge is 0.511 e. The molecule has 0 aromatic carbocycles. The fourth-order valence-corrected chi connectivity index (χ4v) is 0.934. The SMILES string of the molecule is CC(C)(O)c1ccc(OB(O)O)cn1. The van der Waals surface area contributed by atoms with Gasteiger partial charge in [-0.2, -0.15) is 0 Å². The first-order chi connectivity index (χ1) is 6.39. The van der Waals surface area contributed by atoms with Gasteiger partial charge in [0.1, 0.15) is 11.4 Å². The maximum atomic E-state index is 9.56. The molecule has 1 aromatic heterocycles. The molecule has 6 heteroatoms. The molecule has 0 amide bonds. The van der Waals surface area contributed by atoms with Gasteiger partial charge < -0.3 is 19.8 Å². The van der Waals surface area contributed by atoms with Crippen molar-refractivity contribution < 1.29 is 19.8 Å². The molecule has 3 N–H and O–H groups in total. The fourth-order valence-electron chi connectivity index (χ4n) is 0.934. The summed E-state index contributed by atoms with van der Waals surface area (Å²) < 4.78 is 4.55. The van der Waals surface area contributed by atoms with Crippen LogP contribution in [0.15, 0.2) is 18.3 Å². The summed E-state index contributed by atoms with van der Waals surface area (Å²) in [6, 6.07) is 3.05. The lowest BCUT2D eigenvalue weighted by molar-refractivity contribution is 0.0738. The van der Waals surface area contributed by atoms with E-state index in [0.29, 0.717) is 5.69 Å². The van der Waals surface area contributed by atoms with Crippen molar-refractivity contribution in [1.29, 1.82) is 0 Å². The summed E-state index contributed by atoms with van der Waals surface area (Å²) in [5, 5.41) is 26.5. The normalized spacial score (nSPS) is 11.2.